The van der Waals surface area contributed by atoms with Crippen LogP contribution >= 0.6 is 11.3 Å². The van der Waals surface area contributed by atoms with E-state index in [4.69, 9.17) is 15.0 Å². The predicted molar refractivity (Wildman–Crippen MR) is 162 cm³/mol. The van der Waals surface area contributed by atoms with Gasteiger partial charge in [0.2, 0.25) is 11.8 Å². The van der Waals surface area contributed by atoms with E-state index in [9.17, 15) is 19.2 Å². The molecule has 0 fully saturated rings. The van der Waals surface area contributed by atoms with Crippen molar-refractivity contribution < 1.29 is 34.2 Å². The second-order valence-electron chi connectivity index (χ2n) is 8.94. The number of nitrogens with one attached hydrogen (secondary N) is 3. The first-order valence-electron chi connectivity index (χ1n) is 12.9. The van der Waals surface area contributed by atoms with Crippen molar-refractivity contribution in [2.75, 3.05) is 24.2 Å². The SMILES string of the molecule is CC(=O)Nc1nc(CCc2ccc(NC=NC(=O)O)cc2)c(C(=O)NCCC(=O)N(C)Cc2ccccc2)s1.NC(=O)O. The Hall–Kier alpha value is -5.31. The van der Waals surface area contributed by atoms with E-state index in [1.54, 1.807) is 24.1 Å². The lowest BCUT2D eigenvalue weighted by Crippen LogP contribution is -2.32. The molecule has 1 heterocycles. The molecule has 7 N–H and O–H groups in total. The summed E-state index contributed by atoms with van der Waals surface area (Å²) < 4.78 is 0. The number of amides is 5. The molecule has 15 heteroatoms. The van der Waals surface area contributed by atoms with Crippen LogP contribution in [-0.4, -0.2) is 69.9 Å². The van der Waals surface area contributed by atoms with Gasteiger partial charge in [0.05, 0.1) is 12.0 Å². The third-order valence-electron chi connectivity index (χ3n) is 5.51. The molecule has 0 aliphatic carbocycles. The molecule has 0 aliphatic rings. The minimum absolute atomic E-state index is 0.0882. The van der Waals surface area contributed by atoms with Crippen molar-refractivity contribution in [3.63, 3.8) is 0 Å². The van der Waals surface area contributed by atoms with E-state index in [1.807, 2.05) is 42.5 Å². The highest BCUT2D eigenvalue weighted by atomic mass is 32.1. The minimum Gasteiger partial charge on any atom is -0.465 e. The Morgan fingerprint density at radius 1 is 1.00 bits per heavy atom. The number of primary amides is 1. The molecular weight excluding hydrogens is 578 g/mol. The zero-order chi connectivity index (χ0) is 31.8. The molecule has 0 atom stereocenters. The molecule has 0 saturated heterocycles. The summed E-state index contributed by atoms with van der Waals surface area (Å²) in [4.78, 5) is 65.9. The van der Waals surface area contributed by atoms with Crippen molar-refractivity contribution in [2.45, 2.75) is 32.7 Å². The molecule has 14 nitrogen and oxygen atoms in total. The first-order chi connectivity index (χ1) is 20.4. The predicted octanol–water partition coefficient (Wildman–Crippen LogP) is 3.41. The summed E-state index contributed by atoms with van der Waals surface area (Å²) in [5.74, 6) is -0.728. The van der Waals surface area contributed by atoms with Gasteiger partial charge in [0, 0.05) is 39.2 Å². The lowest BCUT2D eigenvalue weighted by atomic mass is 10.1. The summed E-state index contributed by atoms with van der Waals surface area (Å²) in [6.07, 6.45) is -0.349. The van der Waals surface area contributed by atoms with Gasteiger partial charge >= 0.3 is 12.2 Å². The van der Waals surface area contributed by atoms with Crippen LogP contribution < -0.4 is 21.7 Å². The number of nitrogens with zero attached hydrogens (tertiary/aromatic N) is 3. The van der Waals surface area contributed by atoms with Gasteiger partial charge in [-0.25, -0.2) is 14.6 Å². The Kier molecular flexibility index (Phi) is 13.8. The van der Waals surface area contributed by atoms with E-state index >= 15 is 0 Å². The minimum atomic E-state index is -1.33. The largest absolute Gasteiger partial charge is 0.465 e. The summed E-state index contributed by atoms with van der Waals surface area (Å²) in [6, 6.07) is 17.0. The van der Waals surface area contributed by atoms with Crippen molar-refractivity contribution in [1.29, 1.82) is 0 Å². The van der Waals surface area contributed by atoms with Gasteiger partial charge in [-0.05, 0) is 36.1 Å². The average molecular weight is 612 g/mol. The number of anilines is 2. The number of benzene rings is 2. The second-order valence-corrected chi connectivity index (χ2v) is 9.94. The fraction of sp³-hybridized carbons (Fsp3) is 0.250. The van der Waals surface area contributed by atoms with Gasteiger partial charge < -0.3 is 36.8 Å². The van der Waals surface area contributed by atoms with Crippen LogP contribution in [0, 0.1) is 0 Å². The van der Waals surface area contributed by atoms with Gasteiger partial charge in [-0.3, -0.25) is 14.4 Å². The van der Waals surface area contributed by atoms with Crippen LogP contribution in [-0.2, 0) is 29.0 Å². The van der Waals surface area contributed by atoms with Crippen molar-refractivity contribution in [3.05, 3.63) is 76.3 Å². The topological polar surface area (TPSA) is 216 Å². The molecule has 0 bridgehead atoms. The van der Waals surface area contributed by atoms with E-state index in [1.165, 1.54) is 6.92 Å². The standard InChI is InChI=1S/C27H30N6O5S.CH3NO2/c1-18(34)31-26-32-22(13-10-19-8-11-21(12-9-19)29-17-30-27(37)38)24(39-26)25(36)28-15-14-23(35)33(2)16-20-6-4-3-5-7-20;2-1(3)4/h3-9,11-12,17H,10,13-16H2,1-2H3,(H,28,36)(H,29,30)(H,37,38)(H,31,32,34);2H2,(H,3,4). The van der Waals surface area contributed by atoms with E-state index in [0.717, 1.165) is 28.8 Å². The smallest absolute Gasteiger partial charge is 0.432 e. The highest BCUT2D eigenvalue weighted by molar-refractivity contribution is 7.17. The summed E-state index contributed by atoms with van der Waals surface area (Å²) in [6.45, 7) is 2.03. The van der Waals surface area contributed by atoms with Gasteiger partial charge in [-0.1, -0.05) is 53.8 Å². The van der Waals surface area contributed by atoms with Crippen LogP contribution in [0.5, 0.6) is 0 Å². The van der Waals surface area contributed by atoms with Gasteiger partial charge in [0.25, 0.3) is 5.91 Å². The van der Waals surface area contributed by atoms with E-state index < -0.39 is 12.2 Å². The average Bonchev–Trinajstić information content (AvgIpc) is 3.34. The molecule has 228 valence electrons. The highest BCUT2D eigenvalue weighted by Crippen LogP contribution is 2.25. The third-order valence-corrected chi connectivity index (χ3v) is 6.52. The lowest BCUT2D eigenvalue weighted by Gasteiger charge is -2.17. The zero-order valence-corrected chi connectivity index (χ0v) is 24.4. The Bertz CT molecular complexity index is 1420. The molecule has 1 aromatic heterocycles. The van der Waals surface area contributed by atoms with Crippen LogP contribution in [0.4, 0.5) is 20.4 Å². The maximum absolute atomic E-state index is 13.0. The lowest BCUT2D eigenvalue weighted by molar-refractivity contribution is -0.130. The second kappa shape index (κ2) is 17.5. The maximum Gasteiger partial charge on any atom is 0.432 e. The Balaban J connectivity index is 0.00000151. The number of carbonyl (C=O) groups is 5. The fourth-order valence-corrected chi connectivity index (χ4v) is 4.57. The third kappa shape index (κ3) is 13.3. The van der Waals surface area contributed by atoms with Crippen molar-refractivity contribution in [3.8, 4) is 0 Å². The number of thiazole rings is 1. The quantitative estimate of drug-likeness (QED) is 0.130. The van der Waals surface area contributed by atoms with Gasteiger partial charge in [0.15, 0.2) is 5.13 Å². The zero-order valence-electron chi connectivity index (χ0n) is 23.6. The van der Waals surface area contributed by atoms with Crippen LogP contribution in [0.3, 0.4) is 0 Å². The monoisotopic (exact) mass is 611 g/mol. The van der Waals surface area contributed by atoms with E-state index in [-0.39, 0.29) is 30.7 Å². The van der Waals surface area contributed by atoms with Crippen LogP contribution in [0.25, 0.3) is 0 Å². The molecule has 43 heavy (non-hydrogen) atoms. The molecule has 0 aliphatic heterocycles. The number of nitrogens with two attached hydrogens (primary N) is 1. The number of hydrogen-bond acceptors (Lipinski definition) is 7. The summed E-state index contributed by atoms with van der Waals surface area (Å²) in [5.41, 5.74) is 7.25. The molecule has 3 rings (SSSR count). The molecule has 0 unspecified atom stereocenters. The van der Waals surface area contributed by atoms with E-state index in [0.29, 0.717) is 40.8 Å². The highest BCUT2D eigenvalue weighted by Gasteiger charge is 2.19. The van der Waals surface area contributed by atoms with Gasteiger partial charge in [-0.15, -0.1) is 0 Å². The number of aryl methyl sites for hydroxylation is 2. The summed E-state index contributed by atoms with van der Waals surface area (Å²) in [5, 5.41) is 24.3. The van der Waals surface area contributed by atoms with Crippen molar-refractivity contribution in [2.24, 2.45) is 10.7 Å². The number of rotatable bonds is 12. The maximum atomic E-state index is 13.0. The number of aliphatic imine (C=N–C) groups is 1. The summed E-state index contributed by atoms with van der Waals surface area (Å²) >= 11 is 1.09. The molecule has 2 aromatic carbocycles. The molecule has 0 spiro atoms. The van der Waals surface area contributed by atoms with Crippen molar-refractivity contribution in [1.82, 2.24) is 15.2 Å². The molecular formula is C28H33N7O7S. The van der Waals surface area contributed by atoms with E-state index in [2.05, 4.69) is 31.7 Å². The van der Waals surface area contributed by atoms with Gasteiger partial charge in [-0.2, -0.15) is 4.99 Å². The van der Waals surface area contributed by atoms with Crippen LogP contribution in [0.2, 0.25) is 0 Å². The first-order valence-corrected chi connectivity index (χ1v) is 13.7. The number of hydrogen-bond donors (Lipinski definition) is 6. The number of carboxylic acid groups (broad SMARTS) is 2. The molecule has 0 radical (unpaired) electrons. The number of carbonyl (C=O) groups excluding carboxylic acids is 3. The molecule has 0 saturated carbocycles. The van der Waals surface area contributed by atoms with Crippen LogP contribution in [0.15, 0.2) is 59.6 Å². The van der Waals surface area contributed by atoms with Crippen molar-refractivity contribution >= 4 is 58.4 Å². The van der Waals surface area contributed by atoms with Gasteiger partial charge in [0.1, 0.15) is 4.88 Å². The van der Waals surface area contributed by atoms with Crippen LogP contribution in [0.1, 0.15) is 39.8 Å². The normalized spacial score (nSPS) is 10.3. The molecule has 5 amide bonds. The Morgan fingerprint density at radius 2 is 1.65 bits per heavy atom. The number of aromatic nitrogens is 1. The molecule has 3 aromatic rings. The Morgan fingerprint density at radius 3 is 2.26 bits per heavy atom. The summed E-state index contributed by atoms with van der Waals surface area (Å²) in [7, 11) is 1.73. The first kappa shape index (κ1) is 33.9. The fourth-order valence-electron chi connectivity index (χ4n) is 3.59. The Labute approximate surface area is 251 Å².